The van der Waals surface area contributed by atoms with Crippen LogP contribution in [0.1, 0.15) is 32.6 Å². The third-order valence-electron chi connectivity index (χ3n) is 4.15. The van der Waals surface area contributed by atoms with Gasteiger partial charge in [0.1, 0.15) is 0 Å². The number of esters is 1. The van der Waals surface area contributed by atoms with Gasteiger partial charge < -0.3 is 9.47 Å². The van der Waals surface area contributed by atoms with E-state index in [1.165, 1.54) is 11.4 Å². The second-order valence-corrected chi connectivity index (χ2v) is 8.03. The van der Waals surface area contributed by atoms with Crippen LogP contribution in [0.25, 0.3) is 0 Å². The van der Waals surface area contributed by atoms with Crippen LogP contribution in [-0.2, 0) is 14.8 Å². The van der Waals surface area contributed by atoms with Gasteiger partial charge in [0, 0.05) is 13.1 Å². The predicted octanol–water partition coefficient (Wildman–Crippen LogP) is 2.44. The van der Waals surface area contributed by atoms with Crippen LogP contribution in [-0.4, -0.2) is 44.6 Å². The fraction of sp³-hybridized carbons (Fsp3) is 0.588. The second-order valence-electron chi connectivity index (χ2n) is 5.94. The molecule has 1 aromatic carbocycles. The molecule has 134 valence electrons. The Balaban J connectivity index is 2.02. The molecule has 1 aliphatic rings. The summed E-state index contributed by atoms with van der Waals surface area (Å²) in [7, 11) is -1.79. The minimum atomic E-state index is -3.30. The van der Waals surface area contributed by atoms with Crippen molar-refractivity contribution in [2.24, 2.45) is 5.92 Å². The molecule has 0 spiro atoms. The maximum Gasteiger partial charge on any atom is 0.315 e. The molecule has 0 bridgehead atoms. The number of sulfonamides is 1. The lowest BCUT2D eigenvalue weighted by atomic mass is 10.00. The van der Waals surface area contributed by atoms with Crippen LogP contribution in [0, 0.1) is 5.92 Å². The van der Waals surface area contributed by atoms with Crippen LogP contribution in [0.5, 0.6) is 11.5 Å². The first-order chi connectivity index (χ1) is 11.5. The van der Waals surface area contributed by atoms with Crippen LogP contribution in [0.4, 0.5) is 0 Å². The minimum absolute atomic E-state index is 0.137. The van der Waals surface area contributed by atoms with Crippen molar-refractivity contribution in [3.05, 3.63) is 24.3 Å². The highest BCUT2D eigenvalue weighted by Gasteiger charge is 2.33. The summed E-state index contributed by atoms with van der Waals surface area (Å²) in [5.74, 6) is 0.123. The molecule has 0 aliphatic carbocycles. The Morgan fingerprint density at radius 3 is 2.67 bits per heavy atom. The molecule has 7 heteroatoms. The molecule has 0 saturated carbocycles. The zero-order valence-corrected chi connectivity index (χ0v) is 15.0. The smallest absolute Gasteiger partial charge is 0.315 e. The predicted molar refractivity (Wildman–Crippen MR) is 91.6 cm³/mol. The van der Waals surface area contributed by atoms with Crippen molar-refractivity contribution in [3.8, 4) is 11.5 Å². The number of rotatable bonds is 7. The highest BCUT2D eigenvalue weighted by atomic mass is 32.2. The molecule has 0 radical (unpaired) electrons. The number of hydrogen-bond acceptors (Lipinski definition) is 5. The monoisotopic (exact) mass is 355 g/mol. The molecule has 6 nitrogen and oxygen atoms in total. The van der Waals surface area contributed by atoms with E-state index in [4.69, 9.17) is 9.47 Å². The first kappa shape index (κ1) is 18.7. The molecular formula is C17H25NO5S. The number of nitrogens with zero attached hydrogens (tertiary/aromatic N) is 1. The minimum Gasteiger partial charge on any atom is -0.493 e. The maximum absolute atomic E-state index is 12.4. The Kier molecular flexibility index (Phi) is 6.62. The fourth-order valence-corrected chi connectivity index (χ4v) is 4.46. The van der Waals surface area contributed by atoms with E-state index < -0.39 is 21.9 Å². The largest absolute Gasteiger partial charge is 0.493 e. The van der Waals surface area contributed by atoms with Gasteiger partial charge >= 0.3 is 5.97 Å². The molecule has 1 atom stereocenters. The third-order valence-corrected chi connectivity index (χ3v) is 6.07. The summed E-state index contributed by atoms with van der Waals surface area (Å²) in [6.07, 6.45) is 2.76. The van der Waals surface area contributed by atoms with Crippen LogP contribution < -0.4 is 9.47 Å². The van der Waals surface area contributed by atoms with E-state index in [1.54, 1.807) is 24.3 Å². The normalized spacial score (nSPS) is 19.0. The van der Waals surface area contributed by atoms with Gasteiger partial charge in [0.2, 0.25) is 10.0 Å². The van der Waals surface area contributed by atoms with E-state index in [0.717, 1.165) is 6.42 Å². The summed E-state index contributed by atoms with van der Waals surface area (Å²) in [5.41, 5.74) is 0. The number of ether oxygens (including phenoxy) is 2. The van der Waals surface area contributed by atoms with Crippen LogP contribution in [0.3, 0.4) is 0 Å². The molecule has 1 aromatic rings. The Bertz CT molecular complexity index is 659. The van der Waals surface area contributed by atoms with Gasteiger partial charge in [-0.3, -0.25) is 4.79 Å². The standard InChI is InChI=1S/C17H25NO5S/c1-3-4-12-24(20,21)18-11-7-8-14(13-18)17(19)23-16-10-6-5-9-15(16)22-2/h5-6,9-10,14H,3-4,7-8,11-13H2,1-2H3/t14-/m1/s1. The SMILES string of the molecule is CCCCS(=O)(=O)N1CCC[C@@H](C(=O)Oc2ccccc2OC)C1. The summed E-state index contributed by atoms with van der Waals surface area (Å²) in [5, 5.41) is 0. The molecule has 1 fully saturated rings. The van der Waals surface area contributed by atoms with E-state index in [-0.39, 0.29) is 12.3 Å². The zero-order chi connectivity index (χ0) is 17.6. The molecule has 0 aromatic heterocycles. The van der Waals surface area contributed by atoms with Gasteiger partial charge in [0.05, 0.1) is 18.8 Å². The molecule has 1 heterocycles. The van der Waals surface area contributed by atoms with E-state index in [1.807, 2.05) is 6.92 Å². The number of carbonyl (C=O) groups excluding carboxylic acids is 1. The van der Waals surface area contributed by atoms with Gasteiger partial charge in [0.15, 0.2) is 11.5 Å². The highest BCUT2D eigenvalue weighted by molar-refractivity contribution is 7.89. The average molecular weight is 355 g/mol. The van der Waals surface area contributed by atoms with Gasteiger partial charge in [0.25, 0.3) is 0 Å². The van der Waals surface area contributed by atoms with E-state index in [9.17, 15) is 13.2 Å². The second kappa shape index (κ2) is 8.48. The van der Waals surface area contributed by atoms with Crippen LogP contribution in [0.15, 0.2) is 24.3 Å². The molecule has 0 unspecified atom stereocenters. The average Bonchev–Trinajstić information content (AvgIpc) is 2.60. The number of carbonyl (C=O) groups is 1. The third kappa shape index (κ3) is 4.70. The quantitative estimate of drug-likeness (QED) is 0.555. The van der Waals surface area contributed by atoms with E-state index in [2.05, 4.69) is 0 Å². The Labute approximate surface area is 143 Å². The zero-order valence-electron chi connectivity index (χ0n) is 14.2. The molecule has 1 saturated heterocycles. The lowest BCUT2D eigenvalue weighted by Gasteiger charge is -2.30. The molecular weight excluding hydrogens is 330 g/mol. The molecule has 2 rings (SSSR count). The van der Waals surface area contributed by atoms with Crippen molar-refractivity contribution in [1.29, 1.82) is 0 Å². The van der Waals surface area contributed by atoms with Gasteiger partial charge in [-0.2, -0.15) is 0 Å². The summed E-state index contributed by atoms with van der Waals surface area (Å²) in [6.45, 7) is 2.63. The summed E-state index contributed by atoms with van der Waals surface area (Å²) >= 11 is 0. The lowest BCUT2D eigenvalue weighted by molar-refractivity contribution is -0.140. The maximum atomic E-state index is 12.4. The number of piperidine rings is 1. The van der Waals surface area contributed by atoms with Gasteiger partial charge in [-0.1, -0.05) is 25.5 Å². The summed E-state index contributed by atoms with van der Waals surface area (Å²) in [4.78, 5) is 12.4. The summed E-state index contributed by atoms with van der Waals surface area (Å²) in [6, 6.07) is 6.92. The van der Waals surface area contributed by atoms with Gasteiger partial charge in [-0.25, -0.2) is 12.7 Å². The van der Waals surface area contributed by atoms with Gasteiger partial charge in [-0.15, -0.1) is 0 Å². The number of hydrogen-bond donors (Lipinski definition) is 0. The molecule has 24 heavy (non-hydrogen) atoms. The van der Waals surface area contributed by atoms with Crippen LogP contribution in [0.2, 0.25) is 0 Å². The number of benzene rings is 1. The van der Waals surface area contributed by atoms with Crippen molar-refractivity contribution in [1.82, 2.24) is 4.31 Å². The fourth-order valence-electron chi connectivity index (χ4n) is 2.74. The topological polar surface area (TPSA) is 72.9 Å². The number of para-hydroxylation sites is 2. The van der Waals surface area contributed by atoms with Crippen molar-refractivity contribution in [2.75, 3.05) is 26.0 Å². The van der Waals surface area contributed by atoms with Gasteiger partial charge in [-0.05, 0) is 31.4 Å². The summed E-state index contributed by atoms with van der Waals surface area (Å²) < 4.78 is 36.7. The molecule has 0 amide bonds. The van der Waals surface area contributed by atoms with Crippen molar-refractivity contribution < 1.29 is 22.7 Å². The Hall–Kier alpha value is -1.60. The number of unbranched alkanes of at least 4 members (excludes halogenated alkanes) is 1. The van der Waals surface area contributed by atoms with Crippen molar-refractivity contribution >= 4 is 16.0 Å². The highest BCUT2D eigenvalue weighted by Crippen LogP contribution is 2.28. The Morgan fingerprint density at radius 2 is 2.00 bits per heavy atom. The van der Waals surface area contributed by atoms with E-state index >= 15 is 0 Å². The van der Waals surface area contributed by atoms with Crippen molar-refractivity contribution in [3.63, 3.8) is 0 Å². The Morgan fingerprint density at radius 1 is 1.29 bits per heavy atom. The first-order valence-electron chi connectivity index (χ1n) is 8.30. The van der Waals surface area contributed by atoms with Crippen LogP contribution >= 0.6 is 0 Å². The molecule has 0 N–H and O–H groups in total. The lowest BCUT2D eigenvalue weighted by Crippen LogP contribution is -2.44. The number of methoxy groups -OCH3 is 1. The first-order valence-corrected chi connectivity index (χ1v) is 9.91. The molecule has 1 aliphatic heterocycles. The van der Waals surface area contributed by atoms with E-state index in [0.29, 0.717) is 37.3 Å². The van der Waals surface area contributed by atoms with Crippen molar-refractivity contribution in [2.45, 2.75) is 32.6 Å².